The predicted octanol–water partition coefficient (Wildman–Crippen LogP) is 5.83. The standard InChI is InChI=1S/C55H84N8O8S2/c1-36(56-8)47(64)58-39-26-30-72-43-32-53(2,3)45(62(43)50(39)67)48(65)59-41(37-22-16-14-17-23-37)34-70-28-20-12-10-11-13-21-29-71-35-42(38-24-18-15-19-25-38)60-49(66)46-54(4,5)33-44-63(46)51(68)40(27-31-73-44)61-52(69)55(6,7)57-9/h14-19,22-25,36,39-46,56-57H,10-13,20-21,26-35H2,1-9H3,(H,58,64)(H,59,65)(H,60,66)(H,61,69)/t36-,39-,40-,41+,42+,43-,44-,45+,46?/m0/s1. The number of carbonyl (C=O) groups is 6. The fourth-order valence-electron chi connectivity index (χ4n) is 10.4. The highest BCUT2D eigenvalue weighted by molar-refractivity contribution is 8.00. The van der Waals surface area contributed by atoms with Crippen molar-refractivity contribution in [3.63, 3.8) is 0 Å². The zero-order chi connectivity index (χ0) is 52.9. The second-order valence-electron chi connectivity index (χ2n) is 22.1. The van der Waals surface area contributed by atoms with E-state index in [1.165, 1.54) is 0 Å². The molecular weight excluding hydrogens is 965 g/mol. The molecule has 4 heterocycles. The molecule has 0 saturated carbocycles. The van der Waals surface area contributed by atoms with E-state index in [9.17, 15) is 28.8 Å². The van der Waals surface area contributed by atoms with Gasteiger partial charge in [-0.3, -0.25) is 28.8 Å². The first kappa shape index (κ1) is 58.1. The molecule has 4 aliphatic heterocycles. The van der Waals surface area contributed by atoms with Gasteiger partial charge in [0.15, 0.2) is 0 Å². The summed E-state index contributed by atoms with van der Waals surface area (Å²) in [5, 5.41) is 18.1. The van der Waals surface area contributed by atoms with E-state index in [2.05, 4.69) is 31.9 Å². The van der Waals surface area contributed by atoms with Crippen molar-refractivity contribution >= 4 is 59.0 Å². The Morgan fingerprint density at radius 3 is 1.48 bits per heavy atom. The van der Waals surface area contributed by atoms with Crippen LogP contribution in [0.3, 0.4) is 0 Å². The minimum Gasteiger partial charge on any atom is -0.379 e. The van der Waals surface area contributed by atoms with Crippen molar-refractivity contribution in [2.75, 3.05) is 52.0 Å². The summed E-state index contributed by atoms with van der Waals surface area (Å²) in [4.78, 5) is 86.5. The molecule has 9 atom stereocenters. The molecule has 2 aromatic carbocycles. The molecule has 73 heavy (non-hydrogen) atoms. The van der Waals surface area contributed by atoms with Gasteiger partial charge in [0.2, 0.25) is 35.4 Å². The third kappa shape index (κ3) is 15.0. The van der Waals surface area contributed by atoms with E-state index in [-0.39, 0.29) is 46.2 Å². The highest BCUT2D eigenvalue weighted by Crippen LogP contribution is 2.48. The van der Waals surface area contributed by atoms with E-state index in [0.29, 0.717) is 63.6 Å². The molecule has 4 saturated heterocycles. The van der Waals surface area contributed by atoms with Crippen molar-refractivity contribution in [1.82, 2.24) is 41.7 Å². The van der Waals surface area contributed by atoms with Gasteiger partial charge in [-0.2, -0.15) is 0 Å². The van der Waals surface area contributed by atoms with Crippen LogP contribution >= 0.6 is 23.5 Å². The summed E-state index contributed by atoms with van der Waals surface area (Å²) >= 11 is 3.35. The first-order chi connectivity index (χ1) is 34.8. The minimum atomic E-state index is -0.851. The van der Waals surface area contributed by atoms with Crippen LogP contribution in [0.5, 0.6) is 0 Å². The number of carbonyl (C=O) groups excluding carboxylic acids is 6. The van der Waals surface area contributed by atoms with Gasteiger partial charge in [-0.15, -0.1) is 23.5 Å². The summed E-state index contributed by atoms with van der Waals surface area (Å²) in [6, 6.07) is 15.5. The second-order valence-corrected chi connectivity index (χ2v) is 24.7. The van der Waals surface area contributed by atoms with E-state index >= 15 is 0 Å². The highest BCUT2D eigenvalue weighted by Gasteiger charge is 2.56. The number of fused-ring (bicyclic) bond motifs is 2. The number of likely N-dealkylation sites (N-methyl/N-ethyl adjacent to an activating group) is 2. The molecule has 1 unspecified atom stereocenters. The van der Waals surface area contributed by atoms with Crippen molar-refractivity contribution < 1.29 is 38.2 Å². The summed E-state index contributed by atoms with van der Waals surface area (Å²) in [7, 11) is 3.42. The average Bonchev–Trinajstić information content (AvgIpc) is 3.69. The van der Waals surface area contributed by atoms with Crippen molar-refractivity contribution in [3.05, 3.63) is 71.8 Å². The Labute approximate surface area is 442 Å². The Morgan fingerprint density at radius 1 is 0.658 bits per heavy atom. The maximum Gasteiger partial charge on any atom is 0.246 e. The van der Waals surface area contributed by atoms with E-state index in [4.69, 9.17) is 9.47 Å². The fourth-order valence-corrected chi connectivity index (χ4v) is 13.6. The molecule has 4 fully saturated rings. The number of amides is 6. The molecule has 404 valence electrons. The van der Waals surface area contributed by atoms with Crippen LogP contribution in [-0.4, -0.2) is 144 Å². The van der Waals surface area contributed by atoms with Gasteiger partial charge in [0, 0.05) is 13.2 Å². The first-order valence-corrected chi connectivity index (χ1v) is 28.6. The monoisotopic (exact) mass is 1050 g/mol. The minimum absolute atomic E-state index is 0.153. The lowest BCUT2D eigenvalue weighted by molar-refractivity contribution is -0.144. The van der Waals surface area contributed by atoms with Crippen LogP contribution in [0, 0.1) is 10.8 Å². The lowest BCUT2D eigenvalue weighted by Gasteiger charge is -2.35. The normalized spacial score (nSPS) is 24.8. The van der Waals surface area contributed by atoms with E-state index in [1.807, 2.05) is 88.4 Å². The number of hydrogen-bond acceptors (Lipinski definition) is 12. The van der Waals surface area contributed by atoms with Crippen molar-refractivity contribution in [2.45, 2.75) is 171 Å². The molecule has 0 aromatic heterocycles. The van der Waals surface area contributed by atoms with Crippen LogP contribution < -0.4 is 31.9 Å². The molecule has 6 amide bonds. The summed E-state index contributed by atoms with van der Waals surface area (Å²) in [5.74, 6) is 0.0374. The molecule has 0 aliphatic carbocycles. The largest absolute Gasteiger partial charge is 0.379 e. The zero-order valence-corrected chi connectivity index (χ0v) is 46.4. The Hall–Kier alpha value is -4.20. The predicted molar refractivity (Wildman–Crippen MR) is 289 cm³/mol. The number of thioether (sulfide) groups is 2. The Kier molecular flexibility index (Phi) is 21.1. The van der Waals surface area contributed by atoms with E-state index in [1.54, 1.807) is 68.2 Å². The number of nitrogens with zero attached hydrogens (tertiary/aromatic N) is 2. The smallest absolute Gasteiger partial charge is 0.246 e. The molecule has 4 aliphatic rings. The molecular formula is C55H84N8O8S2. The van der Waals surface area contributed by atoms with Crippen LogP contribution in [-0.2, 0) is 38.2 Å². The Bertz CT molecular complexity index is 2170. The van der Waals surface area contributed by atoms with Crippen LogP contribution in [0.15, 0.2) is 60.7 Å². The van der Waals surface area contributed by atoms with Crippen molar-refractivity contribution in [1.29, 1.82) is 0 Å². The number of ether oxygens (including phenoxy) is 2. The molecule has 0 radical (unpaired) electrons. The van der Waals surface area contributed by atoms with Gasteiger partial charge in [-0.1, -0.05) is 114 Å². The second kappa shape index (κ2) is 26.5. The number of rotatable bonds is 25. The highest BCUT2D eigenvalue weighted by atomic mass is 32.2. The van der Waals surface area contributed by atoms with Gasteiger partial charge in [0.05, 0.1) is 47.6 Å². The van der Waals surface area contributed by atoms with Crippen LogP contribution in [0.1, 0.15) is 136 Å². The lowest BCUT2D eigenvalue weighted by Crippen LogP contribution is -2.60. The Balaban J connectivity index is 0.939. The van der Waals surface area contributed by atoms with Gasteiger partial charge < -0.3 is 51.2 Å². The zero-order valence-electron chi connectivity index (χ0n) is 44.8. The molecule has 18 heteroatoms. The molecule has 0 spiro atoms. The molecule has 6 N–H and O–H groups in total. The van der Waals surface area contributed by atoms with Gasteiger partial charge in [0.1, 0.15) is 24.2 Å². The maximum atomic E-state index is 14.4. The van der Waals surface area contributed by atoms with E-state index < -0.39 is 58.7 Å². The molecule has 0 bridgehead atoms. The third-order valence-corrected chi connectivity index (χ3v) is 17.7. The van der Waals surface area contributed by atoms with Crippen molar-refractivity contribution in [3.8, 4) is 0 Å². The fraction of sp³-hybridized carbons (Fsp3) is 0.673. The van der Waals surface area contributed by atoms with Gasteiger partial charge in [0.25, 0.3) is 0 Å². The number of nitrogens with one attached hydrogen (secondary N) is 6. The lowest BCUT2D eigenvalue weighted by atomic mass is 9.83. The number of unbranched alkanes of at least 4 members (excludes halogenated alkanes) is 5. The van der Waals surface area contributed by atoms with Crippen LogP contribution in [0.25, 0.3) is 0 Å². The van der Waals surface area contributed by atoms with Crippen LogP contribution in [0.2, 0.25) is 0 Å². The quantitative estimate of drug-likeness (QED) is 0.0652. The summed E-state index contributed by atoms with van der Waals surface area (Å²) in [6.07, 6.45) is 8.20. The van der Waals surface area contributed by atoms with Crippen LogP contribution in [0.4, 0.5) is 0 Å². The SMILES string of the molecule is CN[C@@H](C)C(=O)N[C@H]1CCS[C@H]2CC(C)(C)[C@@H](C(=O)N[C@H](COCCCCCCCCOC[C@@H](NC(=O)C3N4C(=O)[C@@H](NC(=O)C(C)(C)NC)CCS[C@H]4CC3(C)C)c3ccccc3)c3ccccc3)N2C1=O. The van der Waals surface area contributed by atoms with Gasteiger partial charge in [-0.05, 0) is 107 Å². The molecule has 2 aromatic rings. The summed E-state index contributed by atoms with van der Waals surface area (Å²) < 4.78 is 12.5. The van der Waals surface area contributed by atoms with E-state index in [0.717, 1.165) is 49.7 Å². The average molecular weight is 1050 g/mol. The van der Waals surface area contributed by atoms with Crippen molar-refractivity contribution in [2.24, 2.45) is 10.8 Å². The third-order valence-electron chi connectivity index (χ3n) is 15.2. The first-order valence-electron chi connectivity index (χ1n) is 26.5. The summed E-state index contributed by atoms with van der Waals surface area (Å²) in [5.41, 5.74) is 0.0295. The number of benzene rings is 2. The number of hydrogen-bond donors (Lipinski definition) is 6. The maximum absolute atomic E-state index is 14.4. The Morgan fingerprint density at radius 2 is 1.07 bits per heavy atom. The topological polar surface area (TPSA) is 200 Å². The molecule has 6 rings (SSSR count). The van der Waals surface area contributed by atoms with Gasteiger partial charge >= 0.3 is 0 Å². The molecule has 16 nitrogen and oxygen atoms in total. The summed E-state index contributed by atoms with van der Waals surface area (Å²) in [6.45, 7) is 15.2. The van der Waals surface area contributed by atoms with Gasteiger partial charge in [-0.25, -0.2) is 0 Å².